The molecule has 0 saturated carbocycles. The predicted octanol–water partition coefficient (Wildman–Crippen LogP) is 1.34. The normalized spacial score (nSPS) is 27.5. The van der Waals surface area contributed by atoms with Crippen LogP contribution in [0.1, 0.15) is 53.9 Å². The molecule has 0 aromatic carbocycles. The van der Waals surface area contributed by atoms with Crippen molar-refractivity contribution < 1.29 is 73.8 Å². The Kier molecular flexibility index (Phi) is 17.8. The molecule has 2 fully saturated rings. The van der Waals surface area contributed by atoms with E-state index >= 15 is 0 Å². The number of Topliss-reactive ketones (excluding diaryl/α,β-unsaturated/α-hetero) is 1. The monoisotopic (exact) mass is 636 g/mol. The summed E-state index contributed by atoms with van der Waals surface area (Å²) in [5.74, 6) is -2.43. The number of allylic oxidation sites excluding steroid dienone is 11. The number of nitrogens with zero attached hydrogens (tertiary/aromatic N) is 1. The van der Waals surface area contributed by atoms with E-state index in [4.69, 9.17) is 14.6 Å². The number of ether oxygens (including phenoxy) is 2. The van der Waals surface area contributed by atoms with Crippen LogP contribution < -0.4 is 29.6 Å². The fraction of sp³-hybridized carbons (Fsp3) is 0.500. The summed E-state index contributed by atoms with van der Waals surface area (Å²) in [5, 5.41) is 39.1. The largest absolute Gasteiger partial charge is 1.00 e. The van der Waals surface area contributed by atoms with Gasteiger partial charge in [-0.3, -0.25) is 14.4 Å². The Labute approximate surface area is 288 Å². The molecule has 0 radical (unpaired) electrons. The summed E-state index contributed by atoms with van der Waals surface area (Å²) in [6.07, 6.45) is 16.4. The Morgan fingerprint density at radius 1 is 1.00 bits per heavy atom. The molecule has 0 aliphatic carbocycles. The van der Waals surface area contributed by atoms with E-state index in [1.807, 2.05) is 37.3 Å². The zero-order valence-corrected chi connectivity index (χ0v) is 29.4. The standard InChI is InChI=1S/C34H47NO9.Na/c1-21(2)33(44-29-20-27(37)31(40)24(5)43-29)23(4)19-22(3)15-13-11-9-7-8-10-12-14-16-26(36)30-32(41)25(17-18-28(38)39)35(6)34(30)42;/h7-16,19,21,23-25,27,29,31,33,36-37,40H,17-18,20H2,1-6H3,(H,38,39);/q;+1/b8-7+,11-9+,12-10+,15-13+,16-14+,22-19+,30-26+;. The van der Waals surface area contributed by atoms with Gasteiger partial charge in [0.2, 0.25) is 0 Å². The van der Waals surface area contributed by atoms with Crippen molar-refractivity contribution in [1.82, 2.24) is 4.90 Å². The Bertz CT molecular complexity index is 1220. The van der Waals surface area contributed by atoms with Crippen LogP contribution >= 0.6 is 0 Å². The number of hydrogen-bond donors (Lipinski definition) is 4. The number of aliphatic carboxylic acids is 1. The van der Waals surface area contributed by atoms with E-state index in [1.165, 1.54) is 19.2 Å². The SMILES string of the molecule is CC(/C=C/C=C/C=C/C=C/C=C/C(O)=C1/C(=O)C(CCC(=O)O)N(C)C1=O)=C\C(C)C(OC1CC(O)C(O)C(C)O1)C(C)C.[Na+]. The van der Waals surface area contributed by atoms with Crippen molar-refractivity contribution in [2.45, 2.75) is 90.6 Å². The van der Waals surface area contributed by atoms with Gasteiger partial charge >= 0.3 is 35.5 Å². The van der Waals surface area contributed by atoms with Gasteiger partial charge in [0.15, 0.2) is 12.1 Å². The van der Waals surface area contributed by atoms with Crippen LogP contribution in [0, 0.1) is 11.8 Å². The Balaban J connectivity index is 0.0000101. The number of amides is 1. The second kappa shape index (κ2) is 19.8. The zero-order chi connectivity index (χ0) is 33.0. The van der Waals surface area contributed by atoms with Crippen molar-refractivity contribution in [1.29, 1.82) is 0 Å². The molecule has 11 heteroatoms. The summed E-state index contributed by atoms with van der Waals surface area (Å²) in [4.78, 5) is 36.9. The molecule has 0 aromatic heterocycles. The third kappa shape index (κ3) is 12.6. The Hall–Kier alpha value is -2.57. The van der Waals surface area contributed by atoms with Crippen molar-refractivity contribution in [2.75, 3.05) is 7.05 Å². The minimum absolute atomic E-state index is 0. The van der Waals surface area contributed by atoms with Crippen molar-refractivity contribution in [3.05, 3.63) is 83.7 Å². The maximum atomic E-state index is 12.5. The van der Waals surface area contributed by atoms with E-state index in [0.717, 1.165) is 10.5 Å². The van der Waals surface area contributed by atoms with Crippen molar-refractivity contribution in [2.24, 2.45) is 11.8 Å². The molecule has 0 aromatic rings. The average molecular weight is 637 g/mol. The molecule has 4 N–H and O–H groups in total. The minimum atomic E-state index is -1.06. The van der Waals surface area contributed by atoms with Crippen LogP contribution in [-0.2, 0) is 23.9 Å². The Morgan fingerprint density at radius 2 is 1.56 bits per heavy atom. The fourth-order valence-electron chi connectivity index (χ4n) is 5.15. The van der Waals surface area contributed by atoms with Crippen LogP contribution in [0.2, 0.25) is 0 Å². The molecule has 2 rings (SSSR count). The number of likely N-dealkylation sites (N-methyl/N-ethyl adjacent to an activating group) is 1. The van der Waals surface area contributed by atoms with Gasteiger partial charge in [-0.15, -0.1) is 0 Å². The quantitative estimate of drug-likeness (QED) is 0.0727. The molecule has 45 heavy (non-hydrogen) atoms. The minimum Gasteiger partial charge on any atom is -0.507 e. The van der Waals surface area contributed by atoms with Gasteiger partial charge in [0.05, 0.1) is 24.4 Å². The van der Waals surface area contributed by atoms with Crippen LogP contribution in [0.5, 0.6) is 0 Å². The third-order valence-corrected chi connectivity index (χ3v) is 7.52. The van der Waals surface area contributed by atoms with Crippen LogP contribution in [-0.4, -0.2) is 86.8 Å². The number of carboxylic acids is 1. The number of aliphatic hydroxyl groups excluding tert-OH is 3. The number of rotatable bonds is 14. The first-order valence-corrected chi connectivity index (χ1v) is 14.9. The maximum absolute atomic E-state index is 12.5. The van der Waals surface area contributed by atoms with Gasteiger partial charge < -0.3 is 34.8 Å². The van der Waals surface area contributed by atoms with Gasteiger partial charge in [0.25, 0.3) is 5.91 Å². The molecule has 0 spiro atoms. The smallest absolute Gasteiger partial charge is 0.507 e. The van der Waals surface area contributed by atoms with Crippen molar-refractivity contribution in [3.63, 3.8) is 0 Å². The van der Waals surface area contributed by atoms with Crippen LogP contribution in [0.15, 0.2) is 83.7 Å². The van der Waals surface area contributed by atoms with Crippen LogP contribution in [0.3, 0.4) is 0 Å². The molecule has 2 heterocycles. The number of ketones is 1. The van der Waals surface area contributed by atoms with Gasteiger partial charge in [-0.2, -0.15) is 0 Å². The van der Waals surface area contributed by atoms with Crippen molar-refractivity contribution in [3.8, 4) is 0 Å². The van der Waals surface area contributed by atoms with Crippen LogP contribution in [0.25, 0.3) is 0 Å². The number of carbonyl (C=O) groups is 3. The second-order valence-corrected chi connectivity index (χ2v) is 11.5. The van der Waals surface area contributed by atoms with E-state index < -0.39 is 54.1 Å². The molecule has 7 unspecified atom stereocenters. The topological polar surface area (TPSA) is 154 Å². The molecule has 0 bridgehead atoms. The van der Waals surface area contributed by atoms with Gasteiger partial charge in [-0.1, -0.05) is 87.1 Å². The predicted molar refractivity (Wildman–Crippen MR) is 167 cm³/mol. The molecular formula is C34H47NNaO9+. The Morgan fingerprint density at radius 3 is 2.09 bits per heavy atom. The van der Waals surface area contributed by atoms with Gasteiger partial charge in [0.1, 0.15) is 17.4 Å². The van der Waals surface area contributed by atoms with Crippen molar-refractivity contribution >= 4 is 17.7 Å². The number of carbonyl (C=O) groups excluding carboxylic acids is 2. The molecule has 242 valence electrons. The molecule has 2 aliphatic heterocycles. The average Bonchev–Trinajstić information content (AvgIpc) is 3.16. The number of aliphatic hydroxyl groups is 3. The van der Waals surface area contributed by atoms with Gasteiger partial charge in [-0.25, -0.2) is 0 Å². The van der Waals surface area contributed by atoms with Gasteiger partial charge in [0, 0.05) is 25.8 Å². The molecule has 1 amide bonds. The first-order chi connectivity index (χ1) is 20.7. The summed E-state index contributed by atoms with van der Waals surface area (Å²) >= 11 is 0. The summed E-state index contributed by atoms with van der Waals surface area (Å²) in [6.45, 7) is 9.97. The molecule has 2 saturated heterocycles. The molecule has 2 aliphatic rings. The summed E-state index contributed by atoms with van der Waals surface area (Å²) in [7, 11) is 1.41. The fourth-order valence-corrected chi connectivity index (χ4v) is 5.15. The summed E-state index contributed by atoms with van der Waals surface area (Å²) < 4.78 is 12.0. The van der Waals surface area contributed by atoms with Crippen LogP contribution in [0.4, 0.5) is 0 Å². The van der Waals surface area contributed by atoms with Gasteiger partial charge in [-0.05, 0) is 32.3 Å². The second-order valence-electron chi connectivity index (χ2n) is 11.5. The molecule has 10 nitrogen and oxygen atoms in total. The first-order valence-electron chi connectivity index (χ1n) is 14.9. The molecular weight excluding hydrogens is 589 g/mol. The van der Waals surface area contributed by atoms with E-state index in [1.54, 1.807) is 25.2 Å². The molecule has 7 atom stereocenters. The maximum Gasteiger partial charge on any atom is 1.00 e. The number of carboxylic acid groups (broad SMARTS) is 1. The van der Waals surface area contributed by atoms with E-state index in [9.17, 15) is 29.7 Å². The summed E-state index contributed by atoms with van der Waals surface area (Å²) in [6, 6.07) is -0.894. The zero-order valence-electron chi connectivity index (χ0n) is 27.4. The number of likely N-dealkylation sites (tertiary alicyclic amines) is 1. The first kappa shape index (κ1) is 40.5. The van der Waals surface area contributed by atoms with E-state index in [2.05, 4.69) is 26.8 Å². The third-order valence-electron chi connectivity index (χ3n) is 7.52. The summed E-state index contributed by atoms with van der Waals surface area (Å²) in [5.41, 5.74) is 0.726. The van der Waals surface area contributed by atoms with E-state index in [0.29, 0.717) is 0 Å². The van der Waals surface area contributed by atoms with E-state index in [-0.39, 0.29) is 72.3 Å². The number of hydrogen-bond acceptors (Lipinski definition) is 8.